The van der Waals surface area contributed by atoms with Crippen molar-refractivity contribution in [3.8, 4) is 6.07 Å². The molecule has 0 aliphatic carbocycles. The molecule has 162 valence electrons. The molecule has 0 bridgehead atoms. The third-order valence-corrected chi connectivity index (χ3v) is 6.84. The number of anilines is 1. The number of piperazine rings is 1. The maximum Gasteiger partial charge on any atom is 0.255 e. The highest BCUT2D eigenvalue weighted by molar-refractivity contribution is 7.89. The minimum atomic E-state index is -3.60. The normalized spacial score (nSPS) is 15.1. The molecule has 1 aliphatic heterocycles. The molecule has 9 nitrogen and oxygen atoms in total. The number of rotatable bonds is 6. The molecule has 0 saturated carbocycles. The van der Waals surface area contributed by atoms with Crippen LogP contribution in [0.1, 0.15) is 20.7 Å². The Kier molecular flexibility index (Phi) is 7.02. The van der Waals surface area contributed by atoms with E-state index in [1.54, 1.807) is 18.2 Å². The van der Waals surface area contributed by atoms with Crippen LogP contribution >= 0.6 is 0 Å². The van der Waals surface area contributed by atoms with Crippen molar-refractivity contribution in [3.63, 3.8) is 0 Å². The van der Waals surface area contributed by atoms with Crippen molar-refractivity contribution in [1.82, 2.24) is 14.5 Å². The van der Waals surface area contributed by atoms with Crippen molar-refractivity contribution in [2.45, 2.75) is 4.90 Å². The first kappa shape index (κ1) is 22.4. The number of benzene rings is 2. The van der Waals surface area contributed by atoms with Gasteiger partial charge in [-0.3, -0.25) is 9.59 Å². The minimum absolute atomic E-state index is 0.112. The number of hydrogen-bond donors (Lipinski definition) is 2. The number of sulfonamides is 1. The maximum absolute atomic E-state index is 12.8. The molecular weight excluding hydrogens is 418 g/mol. The first-order valence-electron chi connectivity index (χ1n) is 9.66. The summed E-state index contributed by atoms with van der Waals surface area (Å²) in [6.07, 6.45) is 0. The van der Waals surface area contributed by atoms with Crippen molar-refractivity contribution in [2.24, 2.45) is 0 Å². The summed E-state index contributed by atoms with van der Waals surface area (Å²) >= 11 is 0. The van der Waals surface area contributed by atoms with E-state index in [4.69, 9.17) is 5.26 Å². The Morgan fingerprint density at radius 1 is 1.00 bits per heavy atom. The molecule has 10 heteroatoms. The van der Waals surface area contributed by atoms with E-state index in [1.165, 1.54) is 34.6 Å². The number of carbonyl (C=O) groups excluding carboxylic acids is 2. The number of nitriles is 1. The SMILES string of the molecule is CN1CCN(S(=O)(=O)c2ccc(C(=O)Nc3cccc(C(=O)NCC#N)c3)cc2)CC1. The lowest BCUT2D eigenvalue weighted by molar-refractivity contribution is 0.0957. The molecule has 0 radical (unpaired) electrons. The quantitative estimate of drug-likeness (QED) is 0.648. The summed E-state index contributed by atoms with van der Waals surface area (Å²) < 4.78 is 27.0. The van der Waals surface area contributed by atoms with Crippen molar-refractivity contribution >= 4 is 27.5 Å². The number of hydrogen-bond acceptors (Lipinski definition) is 6. The fraction of sp³-hybridized carbons (Fsp3) is 0.286. The predicted octanol–water partition coefficient (Wildman–Crippen LogP) is 1.13. The van der Waals surface area contributed by atoms with Gasteiger partial charge in [-0.2, -0.15) is 9.57 Å². The summed E-state index contributed by atoms with van der Waals surface area (Å²) in [6.45, 7) is 2.10. The Morgan fingerprint density at radius 2 is 1.68 bits per heavy atom. The van der Waals surface area contributed by atoms with E-state index in [2.05, 4.69) is 15.5 Å². The van der Waals surface area contributed by atoms with Crippen molar-refractivity contribution < 1.29 is 18.0 Å². The van der Waals surface area contributed by atoms with Gasteiger partial charge in [-0.05, 0) is 49.5 Å². The summed E-state index contributed by atoms with van der Waals surface area (Å²) in [4.78, 5) is 26.7. The first-order valence-corrected chi connectivity index (χ1v) is 11.1. The van der Waals surface area contributed by atoms with Crippen molar-refractivity contribution in [3.05, 3.63) is 59.7 Å². The van der Waals surface area contributed by atoms with E-state index < -0.39 is 21.8 Å². The third kappa shape index (κ3) is 5.46. The van der Waals surface area contributed by atoms with Crippen molar-refractivity contribution in [1.29, 1.82) is 5.26 Å². The summed E-state index contributed by atoms with van der Waals surface area (Å²) in [6, 6.07) is 13.9. The van der Waals surface area contributed by atoms with Gasteiger partial charge in [0.1, 0.15) is 6.54 Å². The molecule has 3 rings (SSSR count). The molecule has 0 spiro atoms. The van der Waals surface area contributed by atoms with E-state index in [0.29, 0.717) is 37.4 Å². The maximum atomic E-state index is 12.8. The van der Waals surface area contributed by atoms with E-state index >= 15 is 0 Å². The molecule has 1 aliphatic rings. The molecule has 0 atom stereocenters. The first-order chi connectivity index (χ1) is 14.8. The zero-order valence-electron chi connectivity index (χ0n) is 17.0. The van der Waals surface area contributed by atoms with Gasteiger partial charge in [0.05, 0.1) is 11.0 Å². The number of nitrogens with one attached hydrogen (secondary N) is 2. The van der Waals surface area contributed by atoms with Crippen LogP contribution in [-0.2, 0) is 10.0 Å². The van der Waals surface area contributed by atoms with Crippen LogP contribution in [0.5, 0.6) is 0 Å². The molecule has 1 saturated heterocycles. The van der Waals surface area contributed by atoms with Gasteiger partial charge in [-0.25, -0.2) is 8.42 Å². The minimum Gasteiger partial charge on any atom is -0.339 e. The summed E-state index contributed by atoms with van der Waals surface area (Å²) in [5.74, 6) is -0.853. The van der Waals surface area contributed by atoms with E-state index in [9.17, 15) is 18.0 Å². The molecule has 1 fully saturated rings. The van der Waals surface area contributed by atoms with Crippen LogP contribution in [0.4, 0.5) is 5.69 Å². The summed E-state index contributed by atoms with van der Waals surface area (Å²) in [7, 11) is -1.65. The second-order valence-electron chi connectivity index (χ2n) is 7.11. The molecule has 1 heterocycles. The Balaban J connectivity index is 1.68. The second-order valence-corrected chi connectivity index (χ2v) is 9.05. The van der Waals surface area contributed by atoms with Crippen LogP contribution in [0.2, 0.25) is 0 Å². The topological polar surface area (TPSA) is 123 Å². The van der Waals surface area contributed by atoms with Crippen molar-refractivity contribution in [2.75, 3.05) is 45.1 Å². The number of amides is 2. The summed E-state index contributed by atoms with van der Waals surface area (Å²) in [5, 5.41) is 13.7. The van der Waals surface area contributed by atoms with E-state index in [-0.39, 0.29) is 17.0 Å². The zero-order valence-corrected chi connectivity index (χ0v) is 17.9. The largest absolute Gasteiger partial charge is 0.339 e. The zero-order chi connectivity index (χ0) is 22.4. The average molecular weight is 442 g/mol. The standard InChI is InChI=1S/C21H23N5O4S/c1-25-11-13-26(14-12-25)31(29,30)19-7-5-16(6-8-19)21(28)24-18-4-2-3-17(15-18)20(27)23-10-9-22/h2-8,15H,10-14H2,1H3,(H,23,27)(H,24,28). The van der Waals surface area contributed by atoms with Gasteiger partial charge in [0.15, 0.2) is 0 Å². The fourth-order valence-electron chi connectivity index (χ4n) is 3.12. The smallest absolute Gasteiger partial charge is 0.255 e. The van der Waals surface area contributed by atoms with Gasteiger partial charge in [-0.15, -0.1) is 0 Å². The van der Waals surface area contributed by atoms with Gasteiger partial charge in [-0.1, -0.05) is 6.07 Å². The Morgan fingerprint density at radius 3 is 2.32 bits per heavy atom. The van der Waals surface area contributed by atoms with Crippen LogP contribution in [0.25, 0.3) is 0 Å². The van der Waals surface area contributed by atoms with Crippen LogP contribution < -0.4 is 10.6 Å². The van der Waals surface area contributed by atoms with Crippen LogP contribution in [0, 0.1) is 11.3 Å². The molecular formula is C21H23N5O4S. The highest BCUT2D eigenvalue weighted by atomic mass is 32.2. The monoisotopic (exact) mass is 441 g/mol. The van der Waals surface area contributed by atoms with Gasteiger partial charge in [0, 0.05) is 43.0 Å². The second kappa shape index (κ2) is 9.70. The van der Waals surface area contributed by atoms with Crippen LogP contribution in [0.15, 0.2) is 53.4 Å². The molecule has 0 unspecified atom stereocenters. The average Bonchev–Trinajstić information content (AvgIpc) is 2.78. The number of nitrogens with zero attached hydrogens (tertiary/aromatic N) is 3. The molecule has 2 aromatic carbocycles. The molecule has 0 aromatic heterocycles. The van der Waals surface area contributed by atoms with E-state index in [1.807, 2.05) is 13.1 Å². The highest BCUT2D eigenvalue weighted by Crippen LogP contribution is 2.19. The van der Waals surface area contributed by atoms with Crippen LogP contribution in [-0.4, -0.2) is 69.2 Å². The number of carbonyl (C=O) groups is 2. The Labute approximate surface area is 181 Å². The number of likely N-dealkylation sites (N-methyl/N-ethyl adjacent to an activating group) is 1. The highest BCUT2D eigenvalue weighted by Gasteiger charge is 2.27. The van der Waals surface area contributed by atoms with Gasteiger partial charge >= 0.3 is 0 Å². The van der Waals surface area contributed by atoms with Gasteiger partial charge in [0.2, 0.25) is 10.0 Å². The summed E-state index contributed by atoms with van der Waals surface area (Å²) in [5.41, 5.74) is 1.00. The van der Waals surface area contributed by atoms with Crippen LogP contribution in [0.3, 0.4) is 0 Å². The molecule has 2 N–H and O–H groups in total. The molecule has 2 aromatic rings. The van der Waals surface area contributed by atoms with Gasteiger partial charge < -0.3 is 15.5 Å². The lowest BCUT2D eigenvalue weighted by atomic mass is 10.1. The van der Waals surface area contributed by atoms with Gasteiger partial charge in [0.25, 0.3) is 11.8 Å². The third-order valence-electron chi connectivity index (χ3n) is 4.93. The lowest BCUT2D eigenvalue weighted by Crippen LogP contribution is -2.47. The molecule has 31 heavy (non-hydrogen) atoms. The Hall–Kier alpha value is -3.26. The lowest BCUT2D eigenvalue weighted by Gasteiger charge is -2.31. The van der Waals surface area contributed by atoms with E-state index in [0.717, 1.165) is 0 Å². The predicted molar refractivity (Wildman–Crippen MR) is 115 cm³/mol. The Bertz CT molecular complexity index is 1100. The molecule has 2 amide bonds. The fourth-order valence-corrected chi connectivity index (χ4v) is 4.54.